The van der Waals surface area contributed by atoms with Crippen molar-refractivity contribution >= 4 is 34.2 Å². The summed E-state index contributed by atoms with van der Waals surface area (Å²) in [5.41, 5.74) is 1.58. The van der Waals surface area contributed by atoms with E-state index in [0.29, 0.717) is 17.0 Å². The molecule has 1 amide bonds. The Labute approximate surface area is 199 Å². The predicted molar refractivity (Wildman–Crippen MR) is 126 cm³/mol. The molecule has 0 radical (unpaired) electrons. The topological polar surface area (TPSA) is 81.7 Å². The first-order chi connectivity index (χ1) is 15.9. The highest BCUT2D eigenvalue weighted by molar-refractivity contribution is 7.17. The van der Waals surface area contributed by atoms with E-state index in [9.17, 15) is 14.4 Å². The van der Waals surface area contributed by atoms with Gasteiger partial charge in [0.25, 0.3) is 5.91 Å². The summed E-state index contributed by atoms with van der Waals surface area (Å²) in [4.78, 5) is 39.5. The van der Waals surface area contributed by atoms with Crippen molar-refractivity contribution in [3.05, 3.63) is 16.0 Å². The second kappa shape index (κ2) is 9.05. The Morgan fingerprint density at radius 1 is 1.06 bits per heavy atom. The number of carbonyl (C=O) groups excluding carboxylic acids is 3. The summed E-state index contributed by atoms with van der Waals surface area (Å²) in [5.74, 6) is 1.27. The lowest BCUT2D eigenvalue weighted by Gasteiger charge is -2.56. The molecular formula is C26H35NO5S. The van der Waals surface area contributed by atoms with Crippen molar-refractivity contribution in [1.29, 1.82) is 0 Å². The molecule has 1 heterocycles. The van der Waals surface area contributed by atoms with Gasteiger partial charge in [-0.1, -0.05) is 0 Å². The lowest BCUT2D eigenvalue weighted by atomic mass is 9.49. The summed E-state index contributed by atoms with van der Waals surface area (Å²) >= 11 is 1.45. The van der Waals surface area contributed by atoms with Crippen molar-refractivity contribution in [3.63, 3.8) is 0 Å². The lowest BCUT2D eigenvalue weighted by Crippen LogP contribution is -2.47. The van der Waals surface area contributed by atoms with Gasteiger partial charge in [0.2, 0.25) is 0 Å². The smallest absolute Gasteiger partial charge is 0.341 e. The van der Waals surface area contributed by atoms with Gasteiger partial charge in [0.15, 0.2) is 6.10 Å². The van der Waals surface area contributed by atoms with Crippen molar-refractivity contribution in [1.82, 2.24) is 0 Å². The zero-order valence-corrected chi connectivity index (χ0v) is 20.6. The average Bonchev–Trinajstić information content (AvgIpc) is 3.10. The zero-order chi connectivity index (χ0) is 23.2. The molecule has 4 bridgehead atoms. The number of ether oxygens (including phenoxy) is 2. The maximum atomic E-state index is 12.9. The van der Waals surface area contributed by atoms with Crippen molar-refractivity contribution in [2.24, 2.45) is 23.2 Å². The van der Waals surface area contributed by atoms with Gasteiger partial charge in [-0.25, -0.2) is 4.79 Å². The molecule has 1 N–H and O–H groups in total. The zero-order valence-electron chi connectivity index (χ0n) is 19.7. The molecule has 180 valence electrons. The highest BCUT2D eigenvalue weighted by Crippen LogP contribution is 2.61. The molecule has 6 nitrogen and oxygen atoms in total. The molecule has 4 fully saturated rings. The van der Waals surface area contributed by atoms with Gasteiger partial charge >= 0.3 is 11.9 Å². The molecule has 0 saturated heterocycles. The minimum absolute atomic E-state index is 0.0892. The number of carbonyl (C=O) groups is 3. The Bertz CT molecular complexity index is 915. The van der Waals surface area contributed by atoms with E-state index < -0.39 is 18.0 Å². The number of amides is 1. The summed E-state index contributed by atoms with van der Waals surface area (Å²) < 4.78 is 10.9. The Hall–Kier alpha value is -1.89. The van der Waals surface area contributed by atoms with E-state index in [4.69, 9.17) is 9.47 Å². The Morgan fingerprint density at radius 3 is 2.33 bits per heavy atom. The normalized spacial score (nSPS) is 30.4. The number of anilines is 1. The molecule has 6 rings (SSSR count). The van der Waals surface area contributed by atoms with Crippen LogP contribution < -0.4 is 5.32 Å². The number of nitrogens with one attached hydrogen (secondary N) is 1. The van der Waals surface area contributed by atoms with Gasteiger partial charge in [-0.3, -0.25) is 9.59 Å². The van der Waals surface area contributed by atoms with Gasteiger partial charge in [-0.05, 0) is 107 Å². The monoisotopic (exact) mass is 473 g/mol. The number of thiophene rings is 1. The van der Waals surface area contributed by atoms with Crippen LogP contribution in [0.25, 0.3) is 0 Å². The maximum Gasteiger partial charge on any atom is 0.341 e. The first kappa shape index (κ1) is 22.9. The molecular weight excluding hydrogens is 438 g/mol. The van der Waals surface area contributed by atoms with Gasteiger partial charge in [0.1, 0.15) is 5.00 Å². The molecule has 0 spiro atoms. The summed E-state index contributed by atoms with van der Waals surface area (Å²) in [6.07, 6.45) is 10.8. The Balaban J connectivity index is 1.23. The van der Waals surface area contributed by atoms with Crippen LogP contribution in [0, 0.1) is 23.2 Å². The van der Waals surface area contributed by atoms with E-state index in [-0.39, 0.29) is 18.0 Å². The Kier molecular flexibility index (Phi) is 6.27. The summed E-state index contributed by atoms with van der Waals surface area (Å²) in [6, 6.07) is 0. The van der Waals surface area contributed by atoms with Crippen LogP contribution in [0.15, 0.2) is 0 Å². The van der Waals surface area contributed by atoms with Gasteiger partial charge in [-0.2, -0.15) is 0 Å². The van der Waals surface area contributed by atoms with E-state index >= 15 is 0 Å². The minimum Gasteiger partial charge on any atom is -0.462 e. The third-order valence-corrected chi connectivity index (χ3v) is 9.46. The van der Waals surface area contributed by atoms with Crippen LogP contribution in [0.4, 0.5) is 5.00 Å². The summed E-state index contributed by atoms with van der Waals surface area (Å²) in [5, 5.41) is 3.40. The van der Waals surface area contributed by atoms with Gasteiger partial charge in [-0.15, -0.1) is 11.3 Å². The van der Waals surface area contributed by atoms with Gasteiger partial charge in [0.05, 0.1) is 18.6 Å². The first-order valence-electron chi connectivity index (χ1n) is 12.7. The number of esters is 2. The third kappa shape index (κ3) is 4.58. The quantitative estimate of drug-likeness (QED) is 0.545. The molecule has 1 aromatic heterocycles. The second-order valence-electron chi connectivity index (χ2n) is 10.9. The molecule has 0 aromatic carbocycles. The van der Waals surface area contributed by atoms with E-state index in [1.54, 1.807) is 13.8 Å². The van der Waals surface area contributed by atoms with Crippen LogP contribution in [0.1, 0.15) is 92.4 Å². The number of hydrogen-bond acceptors (Lipinski definition) is 6. The van der Waals surface area contributed by atoms with Crippen LogP contribution in [0.3, 0.4) is 0 Å². The fourth-order valence-corrected chi connectivity index (χ4v) is 8.67. The molecule has 33 heavy (non-hydrogen) atoms. The molecule has 4 saturated carbocycles. The fourth-order valence-electron chi connectivity index (χ4n) is 7.39. The second-order valence-corrected chi connectivity index (χ2v) is 12.0. The van der Waals surface area contributed by atoms with Crippen molar-refractivity contribution < 1.29 is 23.9 Å². The fraction of sp³-hybridized carbons (Fsp3) is 0.731. The SMILES string of the molecule is CCOC(=O)c1c(NC(=O)C(C)OC(=O)CC23CC4CC(CC(C4)C2)C3)sc2c1CCCC2. The van der Waals surface area contributed by atoms with Crippen molar-refractivity contribution in [2.75, 3.05) is 11.9 Å². The molecule has 5 aliphatic carbocycles. The average molecular weight is 474 g/mol. The summed E-state index contributed by atoms with van der Waals surface area (Å²) in [6.45, 7) is 3.68. The molecule has 5 aliphatic rings. The lowest BCUT2D eigenvalue weighted by molar-refractivity contribution is -0.160. The predicted octanol–water partition coefficient (Wildman–Crippen LogP) is 5.28. The minimum atomic E-state index is -0.902. The molecule has 7 heteroatoms. The standard InChI is InChI=1S/C26H35NO5S/c1-3-31-25(30)22-19-6-4-5-7-20(19)33-24(22)27-23(29)15(2)32-21(28)14-26-11-16-8-17(12-26)10-18(9-16)13-26/h15-18H,3-14H2,1-2H3,(H,27,29). The van der Waals surface area contributed by atoms with E-state index in [1.807, 2.05) is 0 Å². The van der Waals surface area contributed by atoms with Gasteiger partial charge in [0, 0.05) is 4.88 Å². The van der Waals surface area contributed by atoms with Crippen LogP contribution in [-0.4, -0.2) is 30.6 Å². The number of fused-ring (bicyclic) bond motifs is 1. The van der Waals surface area contributed by atoms with Crippen LogP contribution in [-0.2, 0) is 31.9 Å². The van der Waals surface area contributed by atoms with Crippen molar-refractivity contribution in [2.45, 2.75) is 90.6 Å². The maximum absolute atomic E-state index is 12.9. The highest BCUT2D eigenvalue weighted by Gasteiger charge is 2.51. The largest absolute Gasteiger partial charge is 0.462 e. The number of aryl methyl sites for hydroxylation is 1. The van der Waals surface area contributed by atoms with E-state index in [2.05, 4.69) is 5.32 Å². The highest BCUT2D eigenvalue weighted by atomic mass is 32.1. The third-order valence-electron chi connectivity index (χ3n) is 8.25. The van der Waals surface area contributed by atoms with Crippen LogP contribution in [0.5, 0.6) is 0 Å². The molecule has 0 aliphatic heterocycles. The summed E-state index contributed by atoms with van der Waals surface area (Å²) in [7, 11) is 0. The van der Waals surface area contributed by atoms with Gasteiger partial charge < -0.3 is 14.8 Å². The van der Waals surface area contributed by atoms with Crippen LogP contribution in [0.2, 0.25) is 0 Å². The van der Waals surface area contributed by atoms with Crippen molar-refractivity contribution in [3.8, 4) is 0 Å². The molecule has 1 atom stereocenters. The van der Waals surface area contributed by atoms with E-state index in [0.717, 1.165) is 73.1 Å². The number of rotatable bonds is 7. The molecule has 1 unspecified atom stereocenters. The Morgan fingerprint density at radius 2 is 1.70 bits per heavy atom. The molecule has 1 aromatic rings. The van der Waals surface area contributed by atoms with Crippen LogP contribution >= 0.6 is 11.3 Å². The first-order valence-corrected chi connectivity index (χ1v) is 13.5. The number of hydrogen-bond donors (Lipinski definition) is 1. The van der Waals surface area contributed by atoms with E-state index in [1.165, 1.54) is 30.6 Å².